The molecule has 2 N–H and O–H groups in total. The molecule has 1 amide bonds. The molecule has 1 rings (SSSR count). The van der Waals surface area contributed by atoms with Gasteiger partial charge in [-0.05, 0) is 24.6 Å². The van der Waals surface area contributed by atoms with Crippen LogP contribution in [0, 0.1) is 0 Å². The Bertz CT molecular complexity index is 366. The van der Waals surface area contributed by atoms with Gasteiger partial charge in [0.25, 0.3) is 0 Å². The zero-order valence-electron chi connectivity index (χ0n) is 10.6. The molecule has 1 atom stereocenters. The van der Waals surface area contributed by atoms with Gasteiger partial charge in [-0.25, -0.2) is 0 Å². The van der Waals surface area contributed by atoms with Crippen LogP contribution in [0.15, 0.2) is 24.3 Å². The summed E-state index contributed by atoms with van der Waals surface area (Å²) in [6, 6.07) is 8.12. The Morgan fingerprint density at radius 1 is 1.47 bits per heavy atom. The predicted molar refractivity (Wildman–Crippen MR) is 68.1 cm³/mol. The zero-order chi connectivity index (χ0) is 12.7. The number of hydrogen-bond donors (Lipinski definition) is 2. The summed E-state index contributed by atoms with van der Waals surface area (Å²) in [5, 5.41) is 5.90. The summed E-state index contributed by atoms with van der Waals surface area (Å²) in [4.78, 5) is 11.1. The lowest BCUT2D eigenvalue weighted by atomic mass is 10.1. The second kappa shape index (κ2) is 6.91. The number of benzene rings is 1. The molecule has 0 saturated carbocycles. The Kier molecular flexibility index (Phi) is 5.49. The Morgan fingerprint density at radius 2 is 2.24 bits per heavy atom. The van der Waals surface area contributed by atoms with Crippen molar-refractivity contribution >= 4 is 5.91 Å². The van der Waals surface area contributed by atoms with Gasteiger partial charge in [-0.15, -0.1) is 0 Å². The molecule has 0 saturated heterocycles. The maximum absolute atomic E-state index is 11.1. The molecule has 4 nitrogen and oxygen atoms in total. The third kappa shape index (κ3) is 4.44. The van der Waals surface area contributed by atoms with Gasteiger partial charge in [0.15, 0.2) is 0 Å². The van der Waals surface area contributed by atoms with Crippen LogP contribution in [0.4, 0.5) is 0 Å². The van der Waals surface area contributed by atoms with Gasteiger partial charge in [0.1, 0.15) is 5.75 Å². The summed E-state index contributed by atoms with van der Waals surface area (Å²) in [7, 11) is 3.30. The number of rotatable bonds is 6. The van der Waals surface area contributed by atoms with Gasteiger partial charge in [-0.1, -0.05) is 12.1 Å². The fourth-order valence-corrected chi connectivity index (χ4v) is 1.56. The summed E-state index contributed by atoms with van der Waals surface area (Å²) in [5.41, 5.74) is 1.15. The monoisotopic (exact) mass is 236 g/mol. The lowest BCUT2D eigenvalue weighted by Crippen LogP contribution is -2.26. The van der Waals surface area contributed by atoms with Gasteiger partial charge in [-0.3, -0.25) is 4.79 Å². The molecule has 0 aliphatic rings. The highest BCUT2D eigenvalue weighted by Gasteiger charge is 2.06. The Balaban J connectivity index is 2.46. The van der Waals surface area contributed by atoms with E-state index in [1.54, 1.807) is 14.2 Å². The summed E-state index contributed by atoms with van der Waals surface area (Å²) < 4.78 is 5.17. The van der Waals surface area contributed by atoms with Gasteiger partial charge >= 0.3 is 0 Å². The lowest BCUT2D eigenvalue weighted by molar-refractivity contribution is -0.120. The number of methoxy groups -OCH3 is 1. The van der Waals surface area contributed by atoms with Gasteiger partial charge in [-0.2, -0.15) is 0 Å². The first-order valence-corrected chi connectivity index (χ1v) is 5.75. The predicted octanol–water partition coefficient (Wildman–Crippen LogP) is 1.48. The van der Waals surface area contributed by atoms with E-state index in [1.165, 1.54) is 0 Å². The van der Waals surface area contributed by atoms with Crippen LogP contribution in [0.3, 0.4) is 0 Å². The molecule has 4 heteroatoms. The van der Waals surface area contributed by atoms with E-state index >= 15 is 0 Å². The van der Waals surface area contributed by atoms with E-state index in [4.69, 9.17) is 4.74 Å². The molecular weight excluding hydrogens is 216 g/mol. The first kappa shape index (κ1) is 13.5. The molecule has 0 spiro atoms. The maximum Gasteiger partial charge on any atom is 0.221 e. The van der Waals surface area contributed by atoms with E-state index in [9.17, 15) is 4.79 Å². The molecule has 1 aromatic carbocycles. The first-order chi connectivity index (χ1) is 8.17. The van der Waals surface area contributed by atoms with Crippen molar-refractivity contribution in [3.8, 4) is 5.75 Å². The molecule has 0 bridgehead atoms. The normalized spacial score (nSPS) is 11.9. The van der Waals surface area contributed by atoms with Crippen molar-refractivity contribution in [2.75, 3.05) is 20.7 Å². The van der Waals surface area contributed by atoms with Crippen LogP contribution in [0.25, 0.3) is 0 Å². The van der Waals surface area contributed by atoms with Crippen LogP contribution >= 0.6 is 0 Å². The molecule has 94 valence electrons. The average molecular weight is 236 g/mol. The Morgan fingerprint density at radius 3 is 2.88 bits per heavy atom. The number of hydrogen-bond acceptors (Lipinski definition) is 3. The summed E-state index contributed by atoms with van der Waals surface area (Å²) >= 11 is 0. The summed E-state index contributed by atoms with van der Waals surface area (Å²) in [6.45, 7) is 2.73. The highest BCUT2D eigenvalue weighted by Crippen LogP contribution is 2.18. The van der Waals surface area contributed by atoms with E-state index in [2.05, 4.69) is 17.6 Å². The van der Waals surface area contributed by atoms with Crippen molar-refractivity contribution in [2.45, 2.75) is 19.4 Å². The number of carbonyl (C=O) groups excluding carboxylic acids is 1. The van der Waals surface area contributed by atoms with Crippen LogP contribution in [0.1, 0.15) is 24.9 Å². The molecule has 0 aliphatic heterocycles. The number of carbonyl (C=O) groups is 1. The van der Waals surface area contributed by atoms with E-state index < -0.39 is 0 Å². The van der Waals surface area contributed by atoms with E-state index in [1.807, 2.05) is 24.3 Å². The molecule has 1 aromatic rings. The number of amides is 1. The molecule has 0 radical (unpaired) electrons. The second-order valence-electron chi connectivity index (χ2n) is 3.88. The Labute approximate surface area is 102 Å². The first-order valence-electron chi connectivity index (χ1n) is 5.75. The van der Waals surface area contributed by atoms with Crippen molar-refractivity contribution < 1.29 is 9.53 Å². The molecule has 0 aromatic heterocycles. The van der Waals surface area contributed by atoms with Crippen LogP contribution in [-0.4, -0.2) is 26.6 Å². The molecule has 17 heavy (non-hydrogen) atoms. The zero-order valence-corrected chi connectivity index (χ0v) is 10.6. The van der Waals surface area contributed by atoms with Gasteiger partial charge in [0.05, 0.1) is 7.11 Å². The minimum atomic E-state index is 0.0512. The maximum atomic E-state index is 11.1. The van der Waals surface area contributed by atoms with Crippen LogP contribution in [0.5, 0.6) is 5.75 Å². The van der Waals surface area contributed by atoms with Crippen LogP contribution < -0.4 is 15.4 Å². The Hall–Kier alpha value is -1.55. The van der Waals surface area contributed by atoms with E-state index in [0.29, 0.717) is 13.0 Å². The third-order valence-electron chi connectivity index (χ3n) is 2.68. The SMILES string of the molecule is CNC(=O)CCN[C@@H](C)c1cccc(OC)c1. The molecular formula is C13H20N2O2. The van der Waals surface area contributed by atoms with Crippen molar-refractivity contribution in [3.63, 3.8) is 0 Å². The van der Waals surface area contributed by atoms with Crippen molar-refractivity contribution in [1.82, 2.24) is 10.6 Å². The molecule has 0 aliphatic carbocycles. The van der Waals surface area contributed by atoms with Crippen molar-refractivity contribution in [2.24, 2.45) is 0 Å². The molecule has 0 fully saturated rings. The molecule has 0 unspecified atom stereocenters. The summed E-state index contributed by atoms with van der Waals surface area (Å²) in [6.07, 6.45) is 0.491. The standard InChI is InChI=1S/C13H20N2O2/c1-10(15-8-7-13(16)14-2)11-5-4-6-12(9-11)17-3/h4-6,9-10,15H,7-8H2,1-3H3,(H,14,16)/t10-/m0/s1. The fourth-order valence-electron chi connectivity index (χ4n) is 1.56. The van der Waals surface area contributed by atoms with Crippen LogP contribution in [0.2, 0.25) is 0 Å². The minimum Gasteiger partial charge on any atom is -0.497 e. The average Bonchev–Trinajstić information content (AvgIpc) is 2.38. The van der Waals surface area contributed by atoms with Gasteiger partial charge in [0.2, 0.25) is 5.91 Å². The fraction of sp³-hybridized carbons (Fsp3) is 0.462. The topological polar surface area (TPSA) is 50.4 Å². The van der Waals surface area contributed by atoms with E-state index in [0.717, 1.165) is 11.3 Å². The largest absolute Gasteiger partial charge is 0.497 e. The van der Waals surface area contributed by atoms with Crippen LogP contribution in [-0.2, 0) is 4.79 Å². The van der Waals surface area contributed by atoms with Gasteiger partial charge < -0.3 is 15.4 Å². The highest BCUT2D eigenvalue weighted by atomic mass is 16.5. The third-order valence-corrected chi connectivity index (χ3v) is 2.68. The highest BCUT2D eigenvalue weighted by molar-refractivity contribution is 5.75. The second-order valence-corrected chi connectivity index (χ2v) is 3.88. The minimum absolute atomic E-state index is 0.0512. The van der Waals surface area contributed by atoms with E-state index in [-0.39, 0.29) is 11.9 Å². The lowest BCUT2D eigenvalue weighted by Gasteiger charge is -2.14. The van der Waals surface area contributed by atoms with Gasteiger partial charge in [0, 0.05) is 26.1 Å². The quantitative estimate of drug-likeness (QED) is 0.786. The molecule has 0 heterocycles. The van der Waals surface area contributed by atoms with Crippen molar-refractivity contribution in [1.29, 1.82) is 0 Å². The smallest absolute Gasteiger partial charge is 0.221 e. The number of ether oxygens (including phenoxy) is 1. The summed E-state index contributed by atoms with van der Waals surface area (Å²) in [5.74, 6) is 0.901. The van der Waals surface area contributed by atoms with Crippen molar-refractivity contribution in [3.05, 3.63) is 29.8 Å². The number of nitrogens with one attached hydrogen (secondary N) is 2.